The van der Waals surface area contributed by atoms with Crippen LogP contribution in [0.4, 0.5) is 14.9 Å². The molecule has 3 N–H and O–H groups in total. The standard InChI is InChI=1S/C15H20FN3O3/c1-2-22-15(21)19-8-6-10(7-9-19)18-14(20)11-4-3-5-12(16)13(11)17/h3-5,10H,2,6-9,17H2,1H3,(H,18,20). The number of halogens is 1. The van der Waals surface area contributed by atoms with E-state index >= 15 is 0 Å². The van der Waals surface area contributed by atoms with Gasteiger partial charge in [-0.3, -0.25) is 4.79 Å². The number of hydrogen-bond acceptors (Lipinski definition) is 4. The van der Waals surface area contributed by atoms with E-state index in [1.54, 1.807) is 11.8 Å². The van der Waals surface area contributed by atoms with E-state index in [9.17, 15) is 14.0 Å². The summed E-state index contributed by atoms with van der Waals surface area (Å²) >= 11 is 0. The zero-order valence-electron chi connectivity index (χ0n) is 12.5. The van der Waals surface area contributed by atoms with Crippen LogP contribution in [0, 0.1) is 5.82 Å². The van der Waals surface area contributed by atoms with Crippen LogP contribution in [-0.2, 0) is 4.74 Å². The second kappa shape index (κ2) is 7.11. The van der Waals surface area contributed by atoms with Crippen molar-refractivity contribution in [3.8, 4) is 0 Å². The number of piperidine rings is 1. The number of hydrogen-bond donors (Lipinski definition) is 2. The Labute approximate surface area is 128 Å². The van der Waals surface area contributed by atoms with Crippen molar-refractivity contribution < 1.29 is 18.7 Å². The highest BCUT2D eigenvalue weighted by Crippen LogP contribution is 2.17. The van der Waals surface area contributed by atoms with Gasteiger partial charge in [0.2, 0.25) is 0 Å². The van der Waals surface area contributed by atoms with Gasteiger partial charge in [0.25, 0.3) is 5.91 Å². The van der Waals surface area contributed by atoms with Crippen molar-refractivity contribution in [2.75, 3.05) is 25.4 Å². The smallest absolute Gasteiger partial charge is 0.409 e. The Morgan fingerprint density at radius 3 is 2.73 bits per heavy atom. The van der Waals surface area contributed by atoms with E-state index in [2.05, 4.69) is 5.32 Å². The molecule has 0 spiro atoms. The third kappa shape index (κ3) is 3.66. The monoisotopic (exact) mass is 309 g/mol. The van der Waals surface area contributed by atoms with Gasteiger partial charge in [0.05, 0.1) is 17.9 Å². The van der Waals surface area contributed by atoms with Crippen LogP contribution in [0.1, 0.15) is 30.1 Å². The third-order valence-electron chi connectivity index (χ3n) is 3.65. The number of amides is 2. The molecule has 2 amide bonds. The van der Waals surface area contributed by atoms with Gasteiger partial charge >= 0.3 is 6.09 Å². The topological polar surface area (TPSA) is 84.7 Å². The average molecular weight is 309 g/mol. The van der Waals surface area contributed by atoms with Gasteiger partial charge in [0, 0.05) is 19.1 Å². The number of nitrogens with zero attached hydrogens (tertiary/aromatic N) is 1. The number of nitrogens with one attached hydrogen (secondary N) is 1. The molecule has 0 unspecified atom stereocenters. The molecule has 1 aromatic rings. The van der Waals surface area contributed by atoms with E-state index in [4.69, 9.17) is 10.5 Å². The molecule has 1 saturated heterocycles. The molecule has 0 aromatic heterocycles. The molecule has 120 valence electrons. The van der Waals surface area contributed by atoms with E-state index in [1.165, 1.54) is 18.2 Å². The first kappa shape index (κ1) is 16.1. The predicted molar refractivity (Wildman–Crippen MR) is 79.9 cm³/mol. The maximum atomic E-state index is 13.4. The molecule has 1 aromatic carbocycles. The maximum Gasteiger partial charge on any atom is 0.409 e. The number of nitrogens with two attached hydrogens (primary N) is 1. The summed E-state index contributed by atoms with van der Waals surface area (Å²) in [4.78, 5) is 25.3. The number of ether oxygens (including phenoxy) is 1. The van der Waals surface area contributed by atoms with Crippen LogP contribution in [-0.4, -0.2) is 42.6 Å². The number of para-hydroxylation sites is 1. The molecule has 22 heavy (non-hydrogen) atoms. The number of carbonyl (C=O) groups excluding carboxylic acids is 2. The first-order valence-corrected chi connectivity index (χ1v) is 7.29. The predicted octanol–water partition coefficient (Wildman–Crippen LogP) is 1.76. The van der Waals surface area contributed by atoms with Crippen molar-refractivity contribution in [2.24, 2.45) is 0 Å². The number of carbonyl (C=O) groups is 2. The molecule has 0 radical (unpaired) electrons. The fourth-order valence-corrected chi connectivity index (χ4v) is 2.42. The number of benzene rings is 1. The van der Waals surface area contributed by atoms with Gasteiger partial charge in [0.1, 0.15) is 5.82 Å². The van der Waals surface area contributed by atoms with Gasteiger partial charge in [-0.1, -0.05) is 6.07 Å². The minimum Gasteiger partial charge on any atom is -0.450 e. The minimum atomic E-state index is -0.607. The van der Waals surface area contributed by atoms with Gasteiger partial charge in [-0.15, -0.1) is 0 Å². The molecular weight excluding hydrogens is 289 g/mol. The van der Waals surface area contributed by atoms with Crippen LogP contribution in [0.3, 0.4) is 0 Å². The van der Waals surface area contributed by atoms with Gasteiger partial charge in [-0.25, -0.2) is 9.18 Å². The fourth-order valence-electron chi connectivity index (χ4n) is 2.42. The quantitative estimate of drug-likeness (QED) is 0.833. The van der Waals surface area contributed by atoms with Crippen molar-refractivity contribution in [2.45, 2.75) is 25.8 Å². The molecule has 0 atom stereocenters. The first-order chi connectivity index (χ1) is 10.5. The zero-order valence-corrected chi connectivity index (χ0v) is 12.5. The molecule has 0 bridgehead atoms. The average Bonchev–Trinajstić information content (AvgIpc) is 2.51. The summed E-state index contributed by atoms with van der Waals surface area (Å²) in [6.07, 6.45) is 0.918. The number of rotatable bonds is 3. The van der Waals surface area contributed by atoms with Crippen LogP contribution in [0.5, 0.6) is 0 Å². The zero-order chi connectivity index (χ0) is 16.1. The van der Waals surface area contributed by atoms with Crippen molar-refractivity contribution in [3.63, 3.8) is 0 Å². The van der Waals surface area contributed by atoms with E-state index < -0.39 is 11.7 Å². The lowest BCUT2D eigenvalue weighted by atomic mass is 10.0. The van der Waals surface area contributed by atoms with Crippen molar-refractivity contribution in [1.29, 1.82) is 0 Å². The number of nitrogen functional groups attached to an aromatic ring is 1. The molecule has 6 nitrogen and oxygen atoms in total. The highest BCUT2D eigenvalue weighted by molar-refractivity contribution is 5.99. The molecule has 1 aliphatic heterocycles. The lowest BCUT2D eigenvalue weighted by molar-refractivity contribution is 0.0860. The van der Waals surface area contributed by atoms with E-state index in [0.717, 1.165) is 0 Å². The Bertz CT molecular complexity index is 557. The highest BCUT2D eigenvalue weighted by Gasteiger charge is 2.25. The van der Waals surface area contributed by atoms with Crippen LogP contribution < -0.4 is 11.1 Å². The summed E-state index contributed by atoms with van der Waals surface area (Å²) in [7, 11) is 0. The first-order valence-electron chi connectivity index (χ1n) is 7.29. The Hall–Kier alpha value is -2.31. The Morgan fingerprint density at radius 1 is 1.41 bits per heavy atom. The second-order valence-electron chi connectivity index (χ2n) is 5.13. The van der Waals surface area contributed by atoms with E-state index in [-0.39, 0.29) is 23.4 Å². The lowest BCUT2D eigenvalue weighted by Gasteiger charge is -2.31. The summed E-state index contributed by atoms with van der Waals surface area (Å²) in [5, 5.41) is 2.83. The van der Waals surface area contributed by atoms with Gasteiger partial charge in [-0.05, 0) is 31.9 Å². The summed E-state index contributed by atoms with van der Waals surface area (Å²) in [5.41, 5.74) is 5.56. The van der Waals surface area contributed by atoms with Gasteiger partial charge < -0.3 is 20.7 Å². The van der Waals surface area contributed by atoms with Crippen LogP contribution in [0.2, 0.25) is 0 Å². The van der Waals surface area contributed by atoms with E-state index in [1.807, 2.05) is 0 Å². The molecule has 1 fully saturated rings. The van der Waals surface area contributed by atoms with Crippen LogP contribution in [0.15, 0.2) is 18.2 Å². The largest absolute Gasteiger partial charge is 0.450 e. The maximum absolute atomic E-state index is 13.4. The molecule has 2 rings (SSSR count). The molecule has 0 saturated carbocycles. The lowest BCUT2D eigenvalue weighted by Crippen LogP contribution is -2.46. The SMILES string of the molecule is CCOC(=O)N1CCC(NC(=O)c2cccc(F)c2N)CC1. The highest BCUT2D eigenvalue weighted by atomic mass is 19.1. The normalized spacial score (nSPS) is 15.5. The van der Waals surface area contributed by atoms with E-state index in [0.29, 0.717) is 32.5 Å². The van der Waals surface area contributed by atoms with Crippen LogP contribution in [0.25, 0.3) is 0 Å². The van der Waals surface area contributed by atoms with Crippen molar-refractivity contribution in [1.82, 2.24) is 10.2 Å². The summed E-state index contributed by atoms with van der Waals surface area (Å²) in [5.74, 6) is -1.00. The Balaban J connectivity index is 1.89. The van der Waals surface area contributed by atoms with Crippen LogP contribution >= 0.6 is 0 Å². The Kier molecular flexibility index (Phi) is 5.19. The minimum absolute atomic E-state index is 0.0687. The molecule has 0 aliphatic carbocycles. The van der Waals surface area contributed by atoms with Gasteiger partial charge in [-0.2, -0.15) is 0 Å². The summed E-state index contributed by atoms with van der Waals surface area (Å²) in [6.45, 7) is 3.13. The molecule has 7 heteroatoms. The third-order valence-corrected chi connectivity index (χ3v) is 3.65. The molecule has 1 aliphatic rings. The van der Waals surface area contributed by atoms with Crippen molar-refractivity contribution >= 4 is 17.7 Å². The molecular formula is C15H20FN3O3. The second-order valence-corrected chi connectivity index (χ2v) is 5.13. The summed E-state index contributed by atoms with van der Waals surface area (Å²) < 4.78 is 18.3. The van der Waals surface area contributed by atoms with Gasteiger partial charge in [0.15, 0.2) is 0 Å². The Morgan fingerprint density at radius 2 is 2.09 bits per heavy atom. The number of likely N-dealkylation sites (tertiary alicyclic amines) is 1. The number of anilines is 1. The summed E-state index contributed by atoms with van der Waals surface area (Å²) in [6, 6.07) is 4.08. The molecule has 1 heterocycles. The van der Waals surface area contributed by atoms with Crippen molar-refractivity contribution in [3.05, 3.63) is 29.6 Å². The fraction of sp³-hybridized carbons (Fsp3) is 0.467.